The zero-order valence-electron chi connectivity index (χ0n) is 8.85. The van der Waals surface area contributed by atoms with Crippen molar-refractivity contribution in [2.24, 2.45) is 11.6 Å². The van der Waals surface area contributed by atoms with E-state index in [0.717, 1.165) is 0 Å². The Bertz CT molecular complexity index is 316. The molecule has 1 amide bonds. The summed E-state index contributed by atoms with van der Waals surface area (Å²) in [4.78, 5) is 24.0. The second-order valence-corrected chi connectivity index (χ2v) is 3.60. The minimum Gasteiger partial charge on any atom is -0.480 e. The molecule has 1 heterocycles. The number of hydrogen-bond acceptors (Lipinski definition) is 5. The maximum absolute atomic E-state index is 11.8. The second kappa shape index (κ2) is 5.36. The largest absolute Gasteiger partial charge is 0.480 e. The van der Waals surface area contributed by atoms with Crippen LogP contribution in [0.2, 0.25) is 0 Å². The number of amides is 1. The van der Waals surface area contributed by atoms with Crippen LogP contribution in [0.3, 0.4) is 0 Å². The smallest absolute Gasteiger partial charge is 0.326 e. The molecule has 1 aliphatic rings. The van der Waals surface area contributed by atoms with Gasteiger partial charge in [0.1, 0.15) is 6.04 Å². The monoisotopic (exact) mass is 228 g/mol. The maximum atomic E-state index is 11.8. The van der Waals surface area contributed by atoms with Crippen LogP contribution in [-0.4, -0.2) is 34.5 Å². The van der Waals surface area contributed by atoms with Gasteiger partial charge in [-0.05, 0) is 12.8 Å². The number of carboxylic acid groups (broad SMARTS) is 1. The van der Waals surface area contributed by atoms with E-state index in [4.69, 9.17) is 16.7 Å². The summed E-state index contributed by atoms with van der Waals surface area (Å²) in [7, 11) is 0. The van der Waals surface area contributed by atoms with Gasteiger partial charge in [-0.1, -0.05) is 0 Å². The Labute approximate surface area is 93.0 Å². The van der Waals surface area contributed by atoms with Crippen LogP contribution in [-0.2, 0) is 9.59 Å². The van der Waals surface area contributed by atoms with E-state index in [1.165, 1.54) is 11.1 Å². The third-order valence-electron chi connectivity index (χ3n) is 2.59. The van der Waals surface area contributed by atoms with Gasteiger partial charge in [0.2, 0.25) is 5.91 Å². The Morgan fingerprint density at radius 2 is 2.25 bits per heavy atom. The van der Waals surface area contributed by atoms with Crippen LogP contribution in [0.15, 0.2) is 11.9 Å². The molecule has 1 rings (SSSR count). The number of rotatable bonds is 4. The standard InChI is InChI=1S/C9H16N4O3/c10-5-6(12-11)4-8(14)13-3-1-2-7(13)9(15)16/h5,7,12H,1-4,10-11H2,(H,15,16)/b6-5-. The van der Waals surface area contributed by atoms with Crippen molar-refractivity contribution in [3.8, 4) is 0 Å². The van der Waals surface area contributed by atoms with Crippen LogP contribution in [0.1, 0.15) is 19.3 Å². The number of carbonyl (C=O) groups excluding carboxylic acids is 1. The molecule has 1 saturated heterocycles. The molecule has 0 aliphatic carbocycles. The quantitative estimate of drug-likeness (QED) is 0.351. The van der Waals surface area contributed by atoms with E-state index in [0.29, 0.717) is 25.1 Å². The van der Waals surface area contributed by atoms with E-state index in [1.54, 1.807) is 0 Å². The molecule has 0 aromatic heterocycles. The van der Waals surface area contributed by atoms with Crippen LogP contribution < -0.4 is 17.0 Å². The number of nitrogens with one attached hydrogen (secondary N) is 1. The molecular formula is C9H16N4O3. The van der Waals surface area contributed by atoms with Crippen LogP contribution in [0.4, 0.5) is 0 Å². The molecule has 90 valence electrons. The first-order valence-corrected chi connectivity index (χ1v) is 4.99. The highest BCUT2D eigenvalue weighted by molar-refractivity contribution is 5.85. The average Bonchev–Trinajstić information content (AvgIpc) is 2.74. The minimum atomic E-state index is -0.968. The lowest BCUT2D eigenvalue weighted by Gasteiger charge is -2.21. The zero-order valence-corrected chi connectivity index (χ0v) is 8.85. The number of carboxylic acids is 1. The fourth-order valence-corrected chi connectivity index (χ4v) is 1.74. The Morgan fingerprint density at radius 3 is 2.75 bits per heavy atom. The van der Waals surface area contributed by atoms with E-state index < -0.39 is 12.0 Å². The van der Waals surface area contributed by atoms with Crippen LogP contribution in [0.5, 0.6) is 0 Å². The lowest BCUT2D eigenvalue weighted by molar-refractivity contribution is -0.148. The van der Waals surface area contributed by atoms with Gasteiger partial charge in [0.05, 0.1) is 12.1 Å². The van der Waals surface area contributed by atoms with E-state index in [1.807, 2.05) is 0 Å². The van der Waals surface area contributed by atoms with Crippen LogP contribution >= 0.6 is 0 Å². The number of hydrogen-bond donors (Lipinski definition) is 4. The summed E-state index contributed by atoms with van der Waals surface area (Å²) < 4.78 is 0. The first kappa shape index (κ1) is 12.3. The molecular weight excluding hydrogens is 212 g/mol. The van der Waals surface area contributed by atoms with E-state index in [-0.39, 0.29) is 12.3 Å². The van der Waals surface area contributed by atoms with E-state index >= 15 is 0 Å². The topological polar surface area (TPSA) is 122 Å². The molecule has 16 heavy (non-hydrogen) atoms. The highest BCUT2D eigenvalue weighted by atomic mass is 16.4. The molecule has 0 aromatic carbocycles. The van der Waals surface area contributed by atoms with Crippen LogP contribution in [0, 0.1) is 0 Å². The molecule has 0 saturated carbocycles. The highest BCUT2D eigenvalue weighted by Gasteiger charge is 2.33. The van der Waals surface area contributed by atoms with Gasteiger partial charge < -0.3 is 21.2 Å². The van der Waals surface area contributed by atoms with Crippen molar-refractivity contribution in [2.45, 2.75) is 25.3 Å². The molecule has 7 heteroatoms. The summed E-state index contributed by atoms with van der Waals surface area (Å²) in [6.45, 7) is 0.470. The predicted octanol–water partition coefficient (Wildman–Crippen LogP) is -1.28. The van der Waals surface area contributed by atoms with E-state index in [9.17, 15) is 9.59 Å². The van der Waals surface area contributed by atoms with Gasteiger partial charge >= 0.3 is 5.97 Å². The molecule has 0 aromatic rings. The molecule has 1 unspecified atom stereocenters. The van der Waals surface area contributed by atoms with Gasteiger partial charge in [-0.3, -0.25) is 10.6 Å². The number of likely N-dealkylation sites (tertiary alicyclic amines) is 1. The van der Waals surface area contributed by atoms with Crippen molar-refractivity contribution < 1.29 is 14.7 Å². The summed E-state index contributed by atoms with van der Waals surface area (Å²) >= 11 is 0. The summed E-state index contributed by atoms with van der Waals surface area (Å²) in [6.07, 6.45) is 2.40. The number of aliphatic carboxylic acids is 1. The summed E-state index contributed by atoms with van der Waals surface area (Å²) in [5.41, 5.74) is 7.90. The van der Waals surface area contributed by atoms with Gasteiger partial charge in [-0.25, -0.2) is 4.79 Å². The van der Waals surface area contributed by atoms with Gasteiger partial charge in [0, 0.05) is 12.7 Å². The highest BCUT2D eigenvalue weighted by Crippen LogP contribution is 2.19. The molecule has 1 atom stereocenters. The molecule has 0 radical (unpaired) electrons. The van der Waals surface area contributed by atoms with Gasteiger partial charge in [-0.15, -0.1) is 0 Å². The van der Waals surface area contributed by atoms with E-state index in [2.05, 4.69) is 5.43 Å². The molecule has 0 bridgehead atoms. The van der Waals surface area contributed by atoms with Gasteiger partial charge in [0.15, 0.2) is 0 Å². The summed E-state index contributed by atoms with van der Waals surface area (Å²) in [5.74, 6) is 3.89. The number of nitrogens with two attached hydrogens (primary N) is 2. The first-order chi connectivity index (χ1) is 7.60. The fraction of sp³-hybridized carbons (Fsp3) is 0.556. The molecule has 7 nitrogen and oxygen atoms in total. The average molecular weight is 228 g/mol. The number of nitrogens with zero attached hydrogens (tertiary/aromatic N) is 1. The van der Waals surface area contributed by atoms with Crippen molar-refractivity contribution >= 4 is 11.9 Å². The Balaban J connectivity index is 2.63. The summed E-state index contributed by atoms with van der Waals surface area (Å²) in [5, 5.41) is 8.91. The first-order valence-electron chi connectivity index (χ1n) is 4.99. The SMILES string of the molecule is N/C=C(/CC(=O)N1CCCC1C(=O)O)NN. The minimum absolute atomic E-state index is 0.00319. The summed E-state index contributed by atoms with van der Waals surface area (Å²) in [6, 6.07) is -0.718. The molecule has 6 N–H and O–H groups in total. The lowest BCUT2D eigenvalue weighted by Crippen LogP contribution is -2.41. The number of carbonyl (C=O) groups is 2. The van der Waals surface area contributed by atoms with Gasteiger partial charge in [0.25, 0.3) is 0 Å². The molecule has 0 spiro atoms. The lowest BCUT2D eigenvalue weighted by atomic mass is 10.2. The van der Waals surface area contributed by atoms with Crippen LogP contribution in [0.25, 0.3) is 0 Å². The number of hydrazine groups is 1. The Kier molecular flexibility index (Phi) is 4.12. The Hall–Kier alpha value is -1.76. The predicted molar refractivity (Wildman–Crippen MR) is 56.6 cm³/mol. The van der Waals surface area contributed by atoms with Crippen molar-refractivity contribution in [1.29, 1.82) is 0 Å². The fourth-order valence-electron chi connectivity index (χ4n) is 1.74. The maximum Gasteiger partial charge on any atom is 0.326 e. The van der Waals surface area contributed by atoms with Crippen molar-refractivity contribution in [3.63, 3.8) is 0 Å². The normalized spacial score (nSPS) is 20.9. The zero-order chi connectivity index (χ0) is 12.1. The van der Waals surface area contributed by atoms with Gasteiger partial charge in [-0.2, -0.15) is 0 Å². The Morgan fingerprint density at radius 1 is 1.56 bits per heavy atom. The molecule has 1 aliphatic heterocycles. The molecule has 1 fully saturated rings. The third-order valence-corrected chi connectivity index (χ3v) is 2.59. The van der Waals surface area contributed by atoms with Crippen molar-refractivity contribution in [2.75, 3.05) is 6.54 Å². The van der Waals surface area contributed by atoms with Crippen molar-refractivity contribution in [1.82, 2.24) is 10.3 Å². The van der Waals surface area contributed by atoms with Crippen molar-refractivity contribution in [3.05, 3.63) is 11.9 Å². The third kappa shape index (κ3) is 2.63. The second-order valence-electron chi connectivity index (χ2n) is 3.60.